The number of aromatic amines is 1. The molecule has 2 N–H and O–H groups in total. The van der Waals surface area contributed by atoms with Crippen LogP contribution in [-0.2, 0) is 4.79 Å². The van der Waals surface area contributed by atoms with Crippen molar-refractivity contribution in [2.75, 3.05) is 23.9 Å². The minimum atomic E-state index is -0.860. The van der Waals surface area contributed by atoms with Gasteiger partial charge >= 0.3 is 0 Å². The average molecular weight is 556 g/mol. The third kappa shape index (κ3) is 3.72. The minimum Gasteiger partial charge on any atom is -0.503 e. The van der Waals surface area contributed by atoms with Crippen molar-refractivity contribution in [2.24, 2.45) is 0 Å². The molecule has 0 bridgehead atoms. The molecule has 8 heteroatoms. The van der Waals surface area contributed by atoms with Gasteiger partial charge in [-0.1, -0.05) is 34.1 Å². The van der Waals surface area contributed by atoms with Crippen LogP contribution < -0.4 is 9.80 Å². The molecule has 0 spiro atoms. The van der Waals surface area contributed by atoms with Crippen molar-refractivity contribution in [3.63, 3.8) is 0 Å². The molecule has 0 saturated heterocycles. The predicted octanol–water partition coefficient (Wildman–Crippen LogP) is 6.53. The lowest BCUT2D eigenvalue weighted by Crippen LogP contribution is -2.31. The van der Waals surface area contributed by atoms with Gasteiger partial charge in [0.1, 0.15) is 5.58 Å². The molecule has 0 saturated carbocycles. The van der Waals surface area contributed by atoms with Gasteiger partial charge in [-0.3, -0.25) is 14.5 Å². The molecule has 0 radical (unpaired) electrons. The zero-order valence-corrected chi connectivity index (χ0v) is 21.6. The van der Waals surface area contributed by atoms with Crippen LogP contribution in [0.1, 0.15) is 22.2 Å². The summed E-state index contributed by atoms with van der Waals surface area (Å²) < 4.78 is 6.71. The SMILES string of the molecule is CN(C)c1ccc(N2C(=O)C(O)=C(C(=O)c3cc4cc(Br)ccc4o3)C2c2c[nH]c3ccccc23)cc1. The number of aliphatic hydroxyl groups excluding tert-OH is 1. The number of aromatic nitrogens is 1. The van der Waals surface area contributed by atoms with Gasteiger partial charge in [-0.05, 0) is 54.6 Å². The van der Waals surface area contributed by atoms with Crippen LogP contribution in [0.4, 0.5) is 11.4 Å². The molecule has 1 aliphatic heterocycles. The summed E-state index contributed by atoms with van der Waals surface area (Å²) >= 11 is 3.43. The summed E-state index contributed by atoms with van der Waals surface area (Å²) in [5.41, 5.74) is 3.60. The number of nitrogens with zero attached hydrogens (tertiary/aromatic N) is 2. The minimum absolute atomic E-state index is 0.0236. The Kier molecular flexibility index (Phi) is 5.42. The van der Waals surface area contributed by atoms with Crippen LogP contribution in [0.3, 0.4) is 0 Å². The van der Waals surface area contributed by atoms with E-state index >= 15 is 0 Å². The van der Waals surface area contributed by atoms with E-state index in [4.69, 9.17) is 4.42 Å². The lowest BCUT2D eigenvalue weighted by molar-refractivity contribution is -0.117. The van der Waals surface area contributed by atoms with Crippen LogP contribution in [-0.4, -0.2) is 35.9 Å². The van der Waals surface area contributed by atoms with Gasteiger partial charge in [0.25, 0.3) is 5.91 Å². The van der Waals surface area contributed by atoms with Crippen LogP contribution >= 0.6 is 15.9 Å². The Bertz CT molecular complexity index is 1730. The Morgan fingerprint density at radius 1 is 1.05 bits per heavy atom. The number of hydrogen-bond acceptors (Lipinski definition) is 5. The van der Waals surface area contributed by atoms with Gasteiger partial charge in [-0.15, -0.1) is 0 Å². The smallest absolute Gasteiger partial charge is 0.294 e. The third-order valence-electron chi connectivity index (χ3n) is 6.72. The number of rotatable bonds is 5. The molecule has 1 amide bonds. The molecule has 3 aromatic carbocycles. The Morgan fingerprint density at radius 2 is 1.81 bits per heavy atom. The molecule has 6 rings (SSSR count). The highest BCUT2D eigenvalue weighted by Crippen LogP contribution is 2.44. The van der Waals surface area contributed by atoms with Crippen LogP contribution in [0, 0.1) is 0 Å². The quantitative estimate of drug-likeness (QED) is 0.241. The van der Waals surface area contributed by atoms with Crippen LogP contribution in [0.2, 0.25) is 0 Å². The molecule has 37 heavy (non-hydrogen) atoms. The fourth-order valence-electron chi connectivity index (χ4n) is 4.89. The molecular formula is C29H22BrN3O4. The van der Waals surface area contributed by atoms with Gasteiger partial charge in [0.05, 0.1) is 11.6 Å². The number of carbonyl (C=O) groups excluding carboxylic acids is 2. The second-order valence-electron chi connectivity index (χ2n) is 9.16. The van der Waals surface area contributed by atoms with Crippen LogP contribution in [0.15, 0.2) is 99.2 Å². The van der Waals surface area contributed by atoms with E-state index < -0.39 is 23.5 Å². The first kappa shape index (κ1) is 23.1. The zero-order valence-electron chi connectivity index (χ0n) is 20.0. The van der Waals surface area contributed by atoms with Crippen molar-refractivity contribution in [3.05, 3.63) is 106 Å². The van der Waals surface area contributed by atoms with E-state index in [1.165, 1.54) is 4.90 Å². The maximum absolute atomic E-state index is 13.9. The molecule has 0 aliphatic carbocycles. The van der Waals surface area contributed by atoms with Crippen molar-refractivity contribution < 1.29 is 19.1 Å². The normalized spacial score (nSPS) is 15.8. The number of halogens is 1. The first-order valence-electron chi connectivity index (χ1n) is 11.7. The van der Waals surface area contributed by atoms with Gasteiger partial charge in [-0.2, -0.15) is 0 Å². The van der Waals surface area contributed by atoms with Gasteiger partial charge in [0.2, 0.25) is 5.78 Å². The fourth-order valence-corrected chi connectivity index (χ4v) is 5.27. The number of fused-ring (bicyclic) bond motifs is 2. The Hall–Kier alpha value is -4.30. The fraction of sp³-hybridized carbons (Fsp3) is 0.103. The first-order chi connectivity index (χ1) is 17.8. The van der Waals surface area contributed by atoms with Crippen LogP contribution in [0.5, 0.6) is 0 Å². The maximum atomic E-state index is 13.9. The van der Waals surface area contributed by atoms with Crippen molar-refractivity contribution in [2.45, 2.75) is 6.04 Å². The number of anilines is 2. The Labute approximate surface area is 220 Å². The van der Waals surface area contributed by atoms with E-state index in [-0.39, 0.29) is 11.3 Å². The van der Waals surface area contributed by atoms with Crippen molar-refractivity contribution in [1.82, 2.24) is 4.98 Å². The largest absolute Gasteiger partial charge is 0.503 e. The highest BCUT2D eigenvalue weighted by molar-refractivity contribution is 9.10. The molecule has 184 valence electrons. The lowest BCUT2D eigenvalue weighted by atomic mass is 9.94. The summed E-state index contributed by atoms with van der Waals surface area (Å²) in [5, 5.41) is 12.7. The Balaban J connectivity index is 1.52. The monoisotopic (exact) mass is 555 g/mol. The summed E-state index contributed by atoms with van der Waals surface area (Å²) in [7, 11) is 3.86. The molecule has 1 atom stereocenters. The summed E-state index contributed by atoms with van der Waals surface area (Å²) in [4.78, 5) is 34.1. The number of nitrogens with one attached hydrogen (secondary N) is 1. The lowest BCUT2D eigenvalue weighted by Gasteiger charge is -2.27. The number of carbonyl (C=O) groups is 2. The highest BCUT2D eigenvalue weighted by Gasteiger charge is 2.46. The molecule has 1 unspecified atom stereocenters. The van der Waals surface area contributed by atoms with E-state index in [0.29, 0.717) is 16.8 Å². The number of amides is 1. The van der Waals surface area contributed by atoms with E-state index in [0.717, 1.165) is 26.4 Å². The predicted molar refractivity (Wildman–Crippen MR) is 147 cm³/mol. The highest BCUT2D eigenvalue weighted by atomic mass is 79.9. The third-order valence-corrected chi connectivity index (χ3v) is 7.21. The molecule has 5 aromatic rings. The molecule has 0 fully saturated rings. The second-order valence-corrected chi connectivity index (χ2v) is 10.1. The van der Waals surface area contributed by atoms with E-state index in [2.05, 4.69) is 20.9 Å². The van der Waals surface area contributed by atoms with Gasteiger partial charge in [0, 0.05) is 58.0 Å². The number of aliphatic hydroxyl groups is 1. The molecule has 2 aromatic heterocycles. The van der Waals surface area contributed by atoms with Crippen LogP contribution in [0.25, 0.3) is 21.9 Å². The number of para-hydroxylation sites is 1. The number of benzene rings is 3. The molecule has 3 heterocycles. The van der Waals surface area contributed by atoms with Crippen molar-refractivity contribution >= 4 is 60.9 Å². The summed E-state index contributed by atoms with van der Waals surface area (Å²) in [6, 6.07) is 21.3. The van der Waals surface area contributed by atoms with Gasteiger partial charge in [-0.25, -0.2) is 0 Å². The van der Waals surface area contributed by atoms with E-state index in [9.17, 15) is 14.7 Å². The number of H-pyrrole nitrogens is 1. The standard InChI is InChI=1S/C29H22BrN3O4/c1-32(2)18-8-10-19(11-9-18)33-26(21-15-31-22-6-4-3-5-20(21)22)25(28(35)29(33)36)27(34)24-14-16-13-17(30)7-12-23(16)37-24/h3-15,26,31,35H,1-2H3. The van der Waals surface area contributed by atoms with Gasteiger partial charge in [0.15, 0.2) is 11.5 Å². The van der Waals surface area contributed by atoms with E-state index in [1.54, 1.807) is 18.3 Å². The van der Waals surface area contributed by atoms with Crippen molar-refractivity contribution in [1.29, 1.82) is 0 Å². The van der Waals surface area contributed by atoms with Gasteiger partial charge < -0.3 is 19.4 Å². The number of hydrogen-bond donors (Lipinski definition) is 2. The second kappa shape index (κ2) is 8.67. The average Bonchev–Trinajstić information content (AvgIpc) is 3.58. The summed E-state index contributed by atoms with van der Waals surface area (Å²) in [6.07, 6.45) is 1.78. The zero-order chi connectivity index (χ0) is 25.8. The Morgan fingerprint density at radius 3 is 2.57 bits per heavy atom. The molecular weight excluding hydrogens is 534 g/mol. The number of ketones is 1. The number of Topliss-reactive ketones (excluding diaryl/α,β-unsaturated/α-hetero) is 1. The van der Waals surface area contributed by atoms with Crippen molar-refractivity contribution in [3.8, 4) is 0 Å². The summed E-state index contributed by atoms with van der Waals surface area (Å²) in [5.74, 6) is -1.72. The summed E-state index contributed by atoms with van der Waals surface area (Å²) in [6.45, 7) is 0. The molecule has 7 nitrogen and oxygen atoms in total. The molecule has 1 aliphatic rings. The number of furan rings is 1. The maximum Gasteiger partial charge on any atom is 0.294 e. The van der Waals surface area contributed by atoms with E-state index in [1.807, 2.05) is 79.7 Å². The first-order valence-corrected chi connectivity index (χ1v) is 12.5. The topological polar surface area (TPSA) is 89.8 Å².